The quantitative estimate of drug-likeness (QED) is 0.616. The zero-order valence-corrected chi connectivity index (χ0v) is 17.7. The molecule has 29 heavy (non-hydrogen) atoms. The summed E-state index contributed by atoms with van der Waals surface area (Å²) >= 11 is 0. The molecule has 3 heteroatoms. The van der Waals surface area contributed by atoms with Crippen molar-refractivity contribution in [1.29, 1.82) is 0 Å². The molecule has 0 spiro atoms. The molecule has 3 nitrogen and oxygen atoms in total. The Hall–Kier alpha value is -2.94. The lowest BCUT2D eigenvalue weighted by molar-refractivity contribution is 0.0998. The fourth-order valence-corrected chi connectivity index (χ4v) is 4.86. The van der Waals surface area contributed by atoms with Crippen LogP contribution in [0.15, 0.2) is 54.6 Å². The summed E-state index contributed by atoms with van der Waals surface area (Å²) in [5.41, 5.74) is 9.90. The average Bonchev–Trinajstić information content (AvgIpc) is 2.83. The summed E-state index contributed by atoms with van der Waals surface area (Å²) in [6, 6.07) is 17.0. The molecule has 0 radical (unpaired) electrons. The van der Waals surface area contributed by atoms with E-state index in [1.807, 2.05) is 30.3 Å². The smallest absolute Gasteiger partial charge is 0.248 e. The van der Waals surface area contributed by atoms with Crippen LogP contribution < -0.4 is 5.73 Å². The van der Waals surface area contributed by atoms with E-state index in [0.717, 1.165) is 16.3 Å². The van der Waals surface area contributed by atoms with Crippen molar-refractivity contribution < 1.29 is 9.59 Å². The van der Waals surface area contributed by atoms with E-state index in [1.165, 1.54) is 11.1 Å². The predicted molar refractivity (Wildman–Crippen MR) is 118 cm³/mol. The zero-order valence-electron chi connectivity index (χ0n) is 17.7. The molecule has 148 valence electrons. The molecule has 1 amide bonds. The maximum atomic E-state index is 13.2. The minimum absolute atomic E-state index is 0.0156. The van der Waals surface area contributed by atoms with Crippen molar-refractivity contribution in [2.45, 2.75) is 45.4 Å². The highest BCUT2D eigenvalue weighted by atomic mass is 16.1. The van der Waals surface area contributed by atoms with E-state index >= 15 is 0 Å². The molecule has 2 N–H and O–H groups in total. The van der Waals surface area contributed by atoms with E-state index in [0.29, 0.717) is 17.0 Å². The first kappa shape index (κ1) is 19.4. The van der Waals surface area contributed by atoms with E-state index in [1.54, 1.807) is 12.1 Å². The third kappa shape index (κ3) is 2.88. The number of hydrogen-bond donors (Lipinski definition) is 1. The minimum Gasteiger partial charge on any atom is -0.366 e. The molecule has 3 aromatic carbocycles. The van der Waals surface area contributed by atoms with E-state index in [-0.39, 0.29) is 16.6 Å². The molecule has 0 fully saturated rings. The Kier molecular flexibility index (Phi) is 4.20. The second-order valence-corrected chi connectivity index (χ2v) is 9.40. The summed E-state index contributed by atoms with van der Waals surface area (Å²) in [6.45, 7) is 11.4. The molecule has 1 atom stereocenters. The van der Waals surface area contributed by atoms with Crippen LogP contribution in [-0.2, 0) is 10.8 Å². The fourth-order valence-electron chi connectivity index (χ4n) is 4.86. The van der Waals surface area contributed by atoms with Crippen LogP contribution >= 0.6 is 0 Å². The normalized spacial score (nSPS) is 19.1. The number of carbonyl (C=O) groups excluding carboxylic acids is 2. The molecule has 0 bridgehead atoms. The van der Waals surface area contributed by atoms with Gasteiger partial charge in [0.05, 0.1) is 0 Å². The van der Waals surface area contributed by atoms with Crippen LogP contribution in [0.2, 0.25) is 0 Å². The monoisotopic (exact) mass is 385 g/mol. The SMILES string of the molecule is CC1C(C)(C)c2ccc(C(=O)c3ccc4cc(C(N)=O)ccc4c3)cc2C1(C)C. The molecule has 0 aromatic heterocycles. The van der Waals surface area contributed by atoms with Crippen molar-refractivity contribution in [3.8, 4) is 0 Å². The van der Waals surface area contributed by atoms with Crippen molar-refractivity contribution in [1.82, 2.24) is 0 Å². The number of fused-ring (bicyclic) bond motifs is 2. The fraction of sp³-hybridized carbons (Fsp3) is 0.308. The molecule has 0 heterocycles. The number of carbonyl (C=O) groups is 2. The lowest BCUT2D eigenvalue weighted by atomic mass is 9.71. The first-order valence-electron chi connectivity index (χ1n) is 10.1. The van der Waals surface area contributed by atoms with Crippen LogP contribution in [0.3, 0.4) is 0 Å². The van der Waals surface area contributed by atoms with Crippen molar-refractivity contribution in [3.63, 3.8) is 0 Å². The molecule has 3 aromatic rings. The number of hydrogen-bond acceptors (Lipinski definition) is 2. The summed E-state index contributed by atoms with van der Waals surface area (Å²) in [7, 11) is 0. The van der Waals surface area contributed by atoms with Gasteiger partial charge in [-0.1, -0.05) is 65.0 Å². The summed E-state index contributed by atoms with van der Waals surface area (Å²) in [5.74, 6) is 0.0438. The van der Waals surface area contributed by atoms with Crippen molar-refractivity contribution >= 4 is 22.5 Å². The summed E-state index contributed by atoms with van der Waals surface area (Å²) in [5, 5.41) is 1.81. The predicted octanol–water partition coefficient (Wildman–Crippen LogP) is 5.37. The molecule has 1 aliphatic rings. The Morgan fingerprint density at radius 1 is 0.724 bits per heavy atom. The lowest BCUT2D eigenvalue weighted by Crippen LogP contribution is -2.30. The van der Waals surface area contributed by atoms with Gasteiger partial charge in [-0.15, -0.1) is 0 Å². The van der Waals surface area contributed by atoms with Crippen LogP contribution in [0.5, 0.6) is 0 Å². The first-order valence-corrected chi connectivity index (χ1v) is 10.1. The highest BCUT2D eigenvalue weighted by molar-refractivity contribution is 6.11. The third-order valence-corrected chi connectivity index (χ3v) is 7.22. The van der Waals surface area contributed by atoms with Gasteiger partial charge >= 0.3 is 0 Å². The number of amides is 1. The van der Waals surface area contributed by atoms with E-state index in [2.05, 4.69) is 46.8 Å². The molecule has 0 saturated heterocycles. The van der Waals surface area contributed by atoms with Gasteiger partial charge in [-0.25, -0.2) is 0 Å². The topological polar surface area (TPSA) is 60.2 Å². The summed E-state index contributed by atoms with van der Waals surface area (Å²) in [6.07, 6.45) is 0. The number of benzene rings is 3. The Balaban J connectivity index is 1.75. The van der Waals surface area contributed by atoms with Crippen LogP contribution in [0.1, 0.15) is 72.0 Å². The van der Waals surface area contributed by atoms with Gasteiger partial charge in [-0.05, 0) is 62.9 Å². The van der Waals surface area contributed by atoms with Gasteiger partial charge in [0.1, 0.15) is 0 Å². The van der Waals surface area contributed by atoms with Crippen LogP contribution in [0, 0.1) is 5.92 Å². The summed E-state index contributed by atoms with van der Waals surface area (Å²) in [4.78, 5) is 24.6. The Morgan fingerprint density at radius 3 is 1.83 bits per heavy atom. The van der Waals surface area contributed by atoms with Crippen molar-refractivity contribution in [2.24, 2.45) is 11.7 Å². The molecule has 0 saturated carbocycles. The largest absolute Gasteiger partial charge is 0.366 e. The van der Waals surface area contributed by atoms with Gasteiger partial charge in [-0.2, -0.15) is 0 Å². The maximum Gasteiger partial charge on any atom is 0.248 e. The Bertz CT molecular complexity index is 1170. The number of nitrogens with two attached hydrogens (primary N) is 1. The molecule has 1 unspecified atom stereocenters. The van der Waals surface area contributed by atoms with Crippen molar-refractivity contribution in [2.75, 3.05) is 0 Å². The standard InChI is InChI=1S/C26H27NO2/c1-15-25(2,3)21-11-10-19(14-22(21)26(15,4)5)23(28)18-8-6-17-13-20(24(27)29)9-7-16(17)12-18/h6-15H,1-5H3,(H2,27,29). The van der Waals surface area contributed by atoms with Gasteiger partial charge in [0.25, 0.3) is 0 Å². The first-order chi connectivity index (χ1) is 13.5. The summed E-state index contributed by atoms with van der Waals surface area (Å²) < 4.78 is 0. The van der Waals surface area contributed by atoms with Gasteiger partial charge in [-0.3, -0.25) is 9.59 Å². The average molecular weight is 386 g/mol. The van der Waals surface area contributed by atoms with Gasteiger partial charge in [0.2, 0.25) is 5.91 Å². The highest BCUT2D eigenvalue weighted by Gasteiger charge is 2.48. The molecule has 1 aliphatic carbocycles. The van der Waals surface area contributed by atoms with Gasteiger partial charge in [0.15, 0.2) is 5.78 Å². The zero-order chi connectivity index (χ0) is 21.1. The van der Waals surface area contributed by atoms with E-state index in [4.69, 9.17) is 5.73 Å². The molecule has 4 rings (SSSR count). The van der Waals surface area contributed by atoms with Gasteiger partial charge in [0, 0.05) is 16.7 Å². The molecular weight excluding hydrogens is 358 g/mol. The van der Waals surface area contributed by atoms with Crippen LogP contribution in [0.4, 0.5) is 0 Å². The van der Waals surface area contributed by atoms with Gasteiger partial charge < -0.3 is 5.73 Å². The Morgan fingerprint density at radius 2 is 1.21 bits per heavy atom. The second-order valence-electron chi connectivity index (χ2n) is 9.40. The van der Waals surface area contributed by atoms with Crippen molar-refractivity contribution in [3.05, 3.63) is 82.4 Å². The Labute approximate surface area is 171 Å². The second kappa shape index (κ2) is 6.28. The number of ketones is 1. The highest BCUT2D eigenvalue weighted by Crippen LogP contribution is 2.53. The van der Waals surface area contributed by atoms with E-state index < -0.39 is 5.91 Å². The maximum absolute atomic E-state index is 13.2. The van der Waals surface area contributed by atoms with E-state index in [9.17, 15) is 9.59 Å². The molecule has 0 aliphatic heterocycles. The third-order valence-electron chi connectivity index (χ3n) is 7.22. The molecular formula is C26H27NO2. The van der Waals surface area contributed by atoms with Crippen LogP contribution in [-0.4, -0.2) is 11.7 Å². The lowest BCUT2D eigenvalue weighted by Gasteiger charge is -2.32. The number of primary amides is 1. The minimum atomic E-state index is -0.454. The number of rotatable bonds is 3. The van der Waals surface area contributed by atoms with Crippen LogP contribution in [0.25, 0.3) is 10.8 Å².